The summed E-state index contributed by atoms with van der Waals surface area (Å²) in [6, 6.07) is 1.71. The Kier molecular flexibility index (Phi) is 4.07. The van der Waals surface area contributed by atoms with E-state index >= 15 is 0 Å². The first-order valence-corrected chi connectivity index (χ1v) is 6.48. The third kappa shape index (κ3) is 3.44. The van der Waals surface area contributed by atoms with Crippen molar-refractivity contribution in [2.45, 2.75) is 19.8 Å². The van der Waals surface area contributed by atoms with Gasteiger partial charge in [0, 0.05) is 12.6 Å². The third-order valence-corrected chi connectivity index (χ3v) is 3.70. The zero-order valence-electron chi connectivity index (χ0n) is 9.76. The Morgan fingerprint density at radius 2 is 2.06 bits per heavy atom. The Labute approximate surface area is 111 Å². The van der Waals surface area contributed by atoms with Crippen molar-refractivity contribution in [3.8, 4) is 0 Å². The summed E-state index contributed by atoms with van der Waals surface area (Å²) < 4.78 is 0. The van der Waals surface area contributed by atoms with Crippen molar-refractivity contribution < 1.29 is 0 Å². The lowest BCUT2D eigenvalue weighted by atomic mass is 9.81. The van der Waals surface area contributed by atoms with E-state index < -0.39 is 0 Å². The first-order chi connectivity index (χ1) is 8.09. The second-order valence-corrected chi connectivity index (χ2v) is 5.53. The van der Waals surface area contributed by atoms with Crippen LogP contribution < -0.4 is 10.6 Å². The summed E-state index contributed by atoms with van der Waals surface area (Å²) in [6.07, 6.45) is 2.31. The van der Waals surface area contributed by atoms with Gasteiger partial charge in [-0.3, -0.25) is 0 Å². The Morgan fingerprint density at radius 3 is 2.76 bits per heavy atom. The lowest BCUT2D eigenvalue weighted by Crippen LogP contribution is -2.39. The van der Waals surface area contributed by atoms with Crippen molar-refractivity contribution in [3.63, 3.8) is 0 Å². The normalized spacial score (nSPS) is 19.0. The molecule has 0 aromatic carbocycles. The number of nitrogens with one attached hydrogen (secondary N) is 2. The molecule has 1 aliphatic heterocycles. The van der Waals surface area contributed by atoms with Crippen LogP contribution in [0.2, 0.25) is 10.3 Å². The van der Waals surface area contributed by atoms with E-state index in [0.717, 1.165) is 38.2 Å². The van der Waals surface area contributed by atoms with E-state index in [-0.39, 0.29) is 0 Å². The van der Waals surface area contributed by atoms with E-state index in [1.165, 1.54) is 0 Å². The summed E-state index contributed by atoms with van der Waals surface area (Å²) in [5.41, 5.74) is 1.05. The van der Waals surface area contributed by atoms with Gasteiger partial charge in [-0.05, 0) is 31.3 Å². The number of halogens is 2. The zero-order valence-corrected chi connectivity index (χ0v) is 11.3. The summed E-state index contributed by atoms with van der Waals surface area (Å²) >= 11 is 11.7. The van der Waals surface area contributed by atoms with Crippen LogP contribution in [0.1, 0.15) is 19.8 Å². The van der Waals surface area contributed by atoms with Crippen molar-refractivity contribution in [3.05, 3.63) is 16.4 Å². The molecule has 1 fully saturated rings. The molecule has 0 unspecified atom stereocenters. The van der Waals surface area contributed by atoms with Crippen LogP contribution in [0.15, 0.2) is 6.07 Å². The van der Waals surface area contributed by atoms with Crippen LogP contribution in [0.5, 0.6) is 0 Å². The molecule has 1 saturated heterocycles. The van der Waals surface area contributed by atoms with Crippen LogP contribution in [0.4, 0.5) is 5.69 Å². The number of nitrogens with zero attached hydrogens (tertiary/aromatic N) is 2. The zero-order chi connectivity index (χ0) is 12.3. The molecule has 2 rings (SSSR count). The number of aromatic nitrogens is 2. The maximum atomic E-state index is 5.95. The summed E-state index contributed by atoms with van der Waals surface area (Å²) in [7, 11) is 0. The molecule has 4 nitrogen and oxygen atoms in total. The number of hydrogen-bond acceptors (Lipinski definition) is 4. The molecule has 0 bridgehead atoms. The van der Waals surface area contributed by atoms with Crippen LogP contribution in [-0.2, 0) is 0 Å². The van der Waals surface area contributed by atoms with Crippen molar-refractivity contribution in [2.24, 2.45) is 5.41 Å². The fourth-order valence-electron chi connectivity index (χ4n) is 1.99. The lowest BCUT2D eigenvalue weighted by Gasteiger charge is -2.34. The highest BCUT2D eigenvalue weighted by Gasteiger charge is 2.26. The maximum absolute atomic E-state index is 5.95. The Balaban J connectivity index is 1.99. The average Bonchev–Trinajstić information content (AvgIpc) is 2.31. The first kappa shape index (κ1) is 12.9. The van der Waals surface area contributed by atoms with Gasteiger partial charge in [0.05, 0.1) is 5.69 Å². The smallest absolute Gasteiger partial charge is 0.174 e. The number of piperidine rings is 1. The highest BCUT2D eigenvalue weighted by atomic mass is 35.5. The fraction of sp³-hybridized carbons (Fsp3) is 0.636. The average molecular weight is 275 g/mol. The molecule has 0 atom stereocenters. The maximum Gasteiger partial charge on any atom is 0.174 e. The molecular formula is C11H16Cl2N4. The van der Waals surface area contributed by atoms with Gasteiger partial charge in [0.1, 0.15) is 0 Å². The lowest BCUT2D eigenvalue weighted by molar-refractivity contribution is 0.247. The van der Waals surface area contributed by atoms with Gasteiger partial charge in [-0.1, -0.05) is 30.1 Å². The third-order valence-electron chi connectivity index (χ3n) is 3.24. The van der Waals surface area contributed by atoms with Crippen molar-refractivity contribution >= 4 is 28.9 Å². The second kappa shape index (κ2) is 5.38. The molecule has 94 valence electrons. The summed E-state index contributed by atoms with van der Waals surface area (Å²) in [6.45, 7) is 5.30. The molecule has 2 heterocycles. The van der Waals surface area contributed by atoms with Crippen LogP contribution in [0, 0.1) is 5.41 Å². The minimum atomic E-state index is 0.296. The molecule has 0 spiro atoms. The van der Waals surface area contributed by atoms with E-state index in [1.807, 2.05) is 0 Å². The minimum absolute atomic E-state index is 0.296. The van der Waals surface area contributed by atoms with E-state index in [4.69, 9.17) is 23.2 Å². The molecule has 0 aliphatic carbocycles. The van der Waals surface area contributed by atoms with Gasteiger partial charge in [0.15, 0.2) is 10.3 Å². The molecule has 0 saturated carbocycles. The predicted molar refractivity (Wildman–Crippen MR) is 70.8 cm³/mol. The Bertz CT molecular complexity index is 391. The van der Waals surface area contributed by atoms with E-state index in [9.17, 15) is 0 Å². The van der Waals surface area contributed by atoms with E-state index in [2.05, 4.69) is 27.8 Å². The second-order valence-electron chi connectivity index (χ2n) is 4.79. The predicted octanol–water partition coefficient (Wildman–Crippen LogP) is 2.59. The fourth-order valence-corrected chi connectivity index (χ4v) is 2.30. The molecule has 1 aromatic rings. The molecule has 0 radical (unpaired) electrons. The SMILES string of the molecule is CC1(CNc2cc(Cl)nnc2Cl)CCNCC1. The molecule has 6 heteroatoms. The van der Waals surface area contributed by atoms with Crippen LogP contribution >= 0.6 is 23.2 Å². The number of rotatable bonds is 3. The molecule has 1 aliphatic rings. The van der Waals surface area contributed by atoms with Crippen LogP contribution in [-0.4, -0.2) is 29.8 Å². The highest BCUT2D eigenvalue weighted by molar-refractivity contribution is 6.33. The van der Waals surface area contributed by atoms with Gasteiger partial charge in [-0.15, -0.1) is 10.2 Å². The van der Waals surface area contributed by atoms with Gasteiger partial charge in [-0.2, -0.15) is 0 Å². The highest BCUT2D eigenvalue weighted by Crippen LogP contribution is 2.29. The number of anilines is 1. The number of hydrogen-bond donors (Lipinski definition) is 2. The van der Waals surface area contributed by atoms with E-state index in [0.29, 0.717) is 15.7 Å². The van der Waals surface area contributed by atoms with Gasteiger partial charge in [0.2, 0.25) is 0 Å². The monoisotopic (exact) mass is 274 g/mol. The molecular weight excluding hydrogens is 259 g/mol. The van der Waals surface area contributed by atoms with Crippen molar-refractivity contribution in [1.82, 2.24) is 15.5 Å². The van der Waals surface area contributed by atoms with Crippen LogP contribution in [0.25, 0.3) is 0 Å². The Hall–Kier alpha value is -0.580. The van der Waals surface area contributed by atoms with E-state index in [1.54, 1.807) is 6.07 Å². The summed E-state index contributed by atoms with van der Waals surface area (Å²) in [5, 5.41) is 14.9. The largest absolute Gasteiger partial charge is 0.382 e. The van der Waals surface area contributed by atoms with Gasteiger partial charge < -0.3 is 10.6 Å². The molecule has 1 aromatic heterocycles. The Morgan fingerprint density at radius 1 is 1.35 bits per heavy atom. The van der Waals surface area contributed by atoms with Crippen LogP contribution in [0.3, 0.4) is 0 Å². The van der Waals surface area contributed by atoms with Gasteiger partial charge in [-0.25, -0.2) is 0 Å². The van der Waals surface area contributed by atoms with Crippen molar-refractivity contribution in [2.75, 3.05) is 25.0 Å². The first-order valence-electron chi connectivity index (χ1n) is 5.72. The topological polar surface area (TPSA) is 49.8 Å². The summed E-state index contributed by atoms with van der Waals surface area (Å²) in [4.78, 5) is 0. The molecule has 0 amide bonds. The van der Waals surface area contributed by atoms with Gasteiger partial charge >= 0.3 is 0 Å². The quantitative estimate of drug-likeness (QED) is 0.890. The standard InChI is InChI=1S/C11H16Cl2N4/c1-11(2-4-14-5-3-11)7-15-8-6-9(12)16-17-10(8)13/h6,14H,2-5,7H2,1H3,(H,15,16). The van der Waals surface area contributed by atoms with Gasteiger partial charge in [0.25, 0.3) is 0 Å². The summed E-state index contributed by atoms with van der Waals surface area (Å²) in [5.74, 6) is 0. The molecule has 2 N–H and O–H groups in total. The minimum Gasteiger partial charge on any atom is -0.382 e. The molecule has 17 heavy (non-hydrogen) atoms. The van der Waals surface area contributed by atoms with Crippen molar-refractivity contribution in [1.29, 1.82) is 0 Å².